The van der Waals surface area contributed by atoms with E-state index in [-0.39, 0.29) is 13.4 Å². The molecule has 0 aromatic heterocycles. The topological polar surface area (TPSA) is 86.2 Å². The highest BCUT2D eigenvalue weighted by molar-refractivity contribution is 5.99. The van der Waals surface area contributed by atoms with Crippen LogP contribution in [0, 0.1) is 0 Å². The molecule has 7 heteroatoms. The van der Waals surface area contributed by atoms with Crippen molar-refractivity contribution in [1.29, 1.82) is 0 Å². The molecule has 4 aromatic carbocycles. The van der Waals surface area contributed by atoms with E-state index in [1.165, 1.54) is 0 Å². The van der Waals surface area contributed by atoms with Gasteiger partial charge in [-0.25, -0.2) is 4.79 Å². The summed E-state index contributed by atoms with van der Waals surface area (Å²) < 4.78 is 22.6. The molecule has 0 amide bonds. The highest BCUT2D eigenvalue weighted by Gasteiger charge is 2.19. The first-order chi connectivity index (χ1) is 20.1. The molecule has 0 fully saturated rings. The van der Waals surface area contributed by atoms with Crippen LogP contribution in [0.1, 0.15) is 40.4 Å². The summed E-state index contributed by atoms with van der Waals surface area (Å²) in [5, 5.41) is 12.9. The van der Waals surface area contributed by atoms with Crippen LogP contribution in [0.4, 0.5) is 0 Å². The Balaban J connectivity index is 1.48. The first kappa shape index (κ1) is 28.0. The van der Waals surface area contributed by atoms with E-state index < -0.39 is 12.1 Å². The summed E-state index contributed by atoms with van der Waals surface area (Å²) in [4.78, 5) is 12.6. The monoisotopic (exact) mass is 551 g/mol. The quantitative estimate of drug-likeness (QED) is 0.135. The van der Waals surface area contributed by atoms with Gasteiger partial charge < -0.3 is 29.4 Å². The van der Waals surface area contributed by atoms with Crippen molar-refractivity contribution < 1.29 is 28.8 Å². The number of benzene rings is 4. The minimum absolute atomic E-state index is 0.198. The third-order valence-electron chi connectivity index (χ3n) is 6.76. The Morgan fingerprint density at radius 3 is 2.12 bits per heavy atom. The molecule has 4 aromatic rings. The summed E-state index contributed by atoms with van der Waals surface area (Å²) in [7, 11) is 1.79. The van der Waals surface area contributed by atoms with Crippen LogP contribution in [0.2, 0.25) is 0 Å². The van der Waals surface area contributed by atoms with Gasteiger partial charge in [0.15, 0.2) is 11.5 Å². The number of aliphatic hydroxyl groups is 1. The molecule has 1 unspecified atom stereocenters. The number of carbonyl (C=O) groups excluding carboxylic acids is 1. The average molecular weight is 552 g/mol. The van der Waals surface area contributed by atoms with Gasteiger partial charge in [-0.3, -0.25) is 0 Å². The lowest BCUT2D eigenvalue weighted by Crippen LogP contribution is -2.29. The molecule has 1 aliphatic heterocycles. The Kier molecular flexibility index (Phi) is 8.98. The van der Waals surface area contributed by atoms with E-state index in [0.29, 0.717) is 23.6 Å². The van der Waals surface area contributed by atoms with Crippen LogP contribution >= 0.6 is 0 Å². The number of allylic oxidation sites excluding steroid dienone is 1. The van der Waals surface area contributed by atoms with E-state index in [4.69, 9.17) is 18.9 Å². The Morgan fingerprint density at radius 2 is 1.46 bits per heavy atom. The number of nitrogens with one attached hydrogen (secondary N) is 1. The number of ether oxygens (including phenoxy) is 4. The Bertz CT molecular complexity index is 1500. The highest BCUT2D eigenvalue weighted by atomic mass is 16.7. The van der Waals surface area contributed by atoms with E-state index >= 15 is 0 Å². The number of hydrogen-bond donors (Lipinski definition) is 2. The molecule has 0 radical (unpaired) electrons. The van der Waals surface area contributed by atoms with Gasteiger partial charge in [0.2, 0.25) is 6.79 Å². The summed E-state index contributed by atoms with van der Waals surface area (Å²) in [6.45, 7) is 2.99. The zero-order valence-corrected chi connectivity index (χ0v) is 23.1. The lowest BCUT2D eigenvalue weighted by molar-refractivity contribution is 0.0734. The fraction of sp³-hybridized carbons (Fsp3) is 0.206. The Labute approximate surface area is 240 Å². The molecule has 41 heavy (non-hydrogen) atoms. The summed E-state index contributed by atoms with van der Waals surface area (Å²) >= 11 is 0. The van der Waals surface area contributed by atoms with Crippen LogP contribution in [0.5, 0.6) is 23.0 Å². The number of carbonyl (C=O) groups is 1. The third kappa shape index (κ3) is 6.77. The Hall–Kier alpha value is -4.59. The molecule has 0 saturated heterocycles. The molecule has 5 rings (SSSR count). The van der Waals surface area contributed by atoms with E-state index in [2.05, 4.69) is 12.2 Å². The minimum atomic E-state index is -0.595. The maximum absolute atomic E-state index is 12.6. The van der Waals surface area contributed by atoms with Crippen LogP contribution in [0.15, 0.2) is 97.1 Å². The van der Waals surface area contributed by atoms with Gasteiger partial charge in [-0.1, -0.05) is 55.5 Å². The van der Waals surface area contributed by atoms with Gasteiger partial charge in [-0.2, -0.15) is 0 Å². The maximum Gasteiger partial charge on any atom is 0.343 e. The molecular weight excluding hydrogens is 518 g/mol. The van der Waals surface area contributed by atoms with Crippen LogP contribution in [-0.2, 0) is 0 Å². The molecule has 210 valence electrons. The van der Waals surface area contributed by atoms with E-state index in [0.717, 1.165) is 45.8 Å². The summed E-state index contributed by atoms with van der Waals surface area (Å²) in [6, 6.07) is 30.3. The van der Waals surface area contributed by atoms with Crippen molar-refractivity contribution in [3.8, 4) is 23.0 Å². The third-order valence-corrected chi connectivity index (χ3v) is 6.76. The first-order valence-corrected chi connectivity index (χ1v) is 13.6. The average Bonchev–Trinajstić information content (AvgIpc) is 3.48. The summed E-state index contributed by atoms with van der Waals surface area (Å²) in [5.74, 6) is 2.19. The molecule has 1 aliphatic rings. The maximum atomic E-state index is 12.6. The molecule has 7 nitrogen and oxygen atoms in total. The molecule has 2 N–H and O–H groups in total. The van der Waals surface area contributed by atoms with Crippen molar-refractivity contribution in [1.82, 2.24) is 5.32 Å². The predicted molar refractivity (Wildman–Crippen MR) is 158 cm³/mol. The van der Waals surface area contributed by atoms with Crippen LogP contribution < -0.4 is 24.3 Å². The van der Waals surface area contributed by atoms with Crippen molar-refractivity contribution in [2.24, 2.45) is 0 Å². The number of hydrogen-bond acceptors (Lipinski definition) is 7. The van der Waals surface area contributed by atoms with Crippen molar-refractivity contribution in [3.05, 3.63) is 119 Å². The minimum Gasteiger partial charge on any atom is -0.491 e. The molecule has 0 bridgehead atoms. The number of rotatable bonds is 11. The highest BCUT2D eigenvalue weighted by Crippen LogP contribution is 2.40. The lowest BCUT2D eigenvalue weighted by atomic mass is 9.88. The fourth-order valence-corrected chi connectivity index (χ4v) is 4.76. The smallest absolute Gasteiger partial charge is 0.343 e. The summed E-state index contributed by atoms with van der Waals surface area (Å²) in [6.07, 6.45) is 0.163. The molecule has 0 saturated carbocycles. The number of fused-ring (bicyclic) bond motifs is 1. The van der Waals surface area contributed by atoms with Crippen LogP contribution in [0.25, 0.3) is 11.1 Å². The second-order valence-corrected chi connectivity index (χ2v) is 9.60. The molecule has 0 spiro atoms. The molecular formula is C34H33NO6. The lowest BCUT2D eigenvalue weighted by Gasteiger charge is -2.18. The molecule has 0 aliphatic carbocycles. The number of esters is 1. The Morgan fingerprint density at radius 1 is 0.829 bits per heavy atom. The van der Waals surface area contributed by atoms with Crippen LogP contribution in [-0.4, -0.2) is 44.2 Å². The van der Waals surface area contributed by atoms with E-state index in [1.807, 2.05) is 72.8 Å². The normalized spacial score (nSPS) is 13.3. The zero-order valence-electron chi connectivity index (χ0n) is 23.1. The van der Waals surface area contributed by atoms with Crippen molar-refractivity contribution in [2.45, 2.75) is 19.4 Å². The van der Waals surface area contributed by atoms with Gasteiger partial charge in [0.25, 0.3) is 0 Å². The predicted octanol–water partition coefficient (Wildman–Crippen LogP) is 5.96. The van der Waals surface area contributed by atoms with Gasteiger partial charge in [0, 0.05) is 6.54 Å². The molecule has 1 atom stereocenters. The fourth-order valence-electron chi connectivity index (χ4n) is 4.76. The largest absolute Gasteiger partial charge is 0.491 e. The first-order valence-electron chi connectivity index (χ1n) is 13.6. The van der Waals surface area contributed by atoms with Gasteiger partial charge in [-0.15, -0.1) is 0 Å². The van der Waals surface area contributed by atoms with E-state index in [9.17, 15) is 9.90 Å². The van der Waals surface area contributed by atoms with Gasteiger partial charge >= 0.3 is 5.97 Å². The van der Waals surface area contributed by atoms with Crippen molar-refractivity contribution in [2.75, 3.05) is 27.0 Å². The summed E-state index contributed by atoms with van der Waals surface area (Å²) in [5.41, 5.74) is 5.65. The standard InChI is InChI=1S/C34H33NO6/c1-3-30(26-13-18-31-32(19-26)40-22-39-31)33(23-9-14-28(15-10-23)38-21-27(36)20-35-2)24-11-16-29(17-12-24)41-34(37)25-7-5-4-6-8-25/h4-19,27,35-36H,3,20-22H2,1-2H3/b33-30+. The molecule has 1 heterocycles. The number of likely N-dealkylation sites (N-methyl/N-ethyl adjacent to an activating group) is 1. The van der Waals surface area contributed by atoms with Crippen molar-refractivity contribution in [3.63, 3.8) is 0 Å². The van der Waals surface area contributed by atoms with Crippen LogP contribution in [0.3, 0.4) is 0 Å². The second kappa shape index (κ2) is 13.2. The van der Waals surface area contributed by atoms with Gasteiger partial charge in [0.05, 0.1) is 5.56 Å². The van der Waals surface area contributed by atoms with Crippen molar-refractivity contribution >= 4 is 17.1 Å². The number of aliphatic hydroxyl groups excluding tert-OH is 1. The van der Waals surface area contributed by atoms with E-state index in [1.54, 1.807) is 31.3 Å². The van der Waals surface area contributed by atoms with Gasteiger partial charge in [-0.05, 0) is 89.8 Å². The SMILES string of the molecule is CC/C(=C(/c1ccc(OCC(O)CNC)cc1)c1ccc(OC(=O)c2ccccc2)cc1)c1ccc2c(c1)OCO2. The second-order valence-electron chi connectivity index (χ2n) is 9.60. The van der Waals surface area contributed by atoms with Gasteiger partial charge in [0.1, 0.15) is 24.2 Å². The zero-order chi connectivity index (χ0) is 28.6.